The highest BCUT2D eigenvalue weighted by Crippen LogP contribution is 2.37. The van der Waals surface area contributed by atoms with Crippen molar-refractivity contribution in [2.45, 2.75) is 5.37 Å². The normalized spacial score (nSPS) is 19.2. The van der Waals surface area contributed by atoms with Gasteiger partial charge >= 0.3 is 0 Å². The molecule has 0 saturated carbocycles. The van der Waals surface area contributed by atoms with Gasteiger partial charge in [-0.15, -0.1) is 11.8 Å². The van der Waals surface area contributed by atoms with E-state index in [0.29, 0.717) is 11.4 Å². The van der Waals surface area contributed by atoms with Crippen LogP contribution in [0.1, 0.15) is 10.9 Å². The van der Waals surface area contributed by atoms with Crippen molar-refractivity contribution in [2.24, 2.45) is 0 Å². The summed E-state index contributed by atoms with van der Waals surface area (Å²) in [6.45, 7) is 0. The zero-order valence-corrected chi connectivity index (χ0v) is 11.2. The van der Waals surface area contributed by atoms with Crippen molar-refractivity contribution >= 4 is 17.7 Å². The highest BCUT2D eigenvalue weighted by atomic mass is 32.2. The van der Waals surface area contributed by atoms with Gasteiger partial charge in [-0.3, -0.25) is 4.79 Å². The van der Waals surface area contributed by atoms with Crippen molar-refractivity contribution in [3.05, 3.63) is 54.1 Å². The van der Waals surface area contributed by atoms with Crippen LogP contribution in [0.4, 0.5) is 4.39 Å². The van der Waals surface area contributed by atoms with Crippen molar-refractivity contribution < 1.29 is 9.18 Å². The minimum absolute atomic E-state index is 0.0283. The molecule has 0 spiro atoms. The molecule has 2 heterocycles. The van der Waals surface area contributed by atoms with Crippen LogP contribution in [0.25, 0.3) is 5.69 Å². The molecule has 98 valence electrons. The smallest absolute Gasteiger partial charge is 0.233 e. The van der Waals surface area contributed by atoms with Crippen LogP contribution >= 0.6 is 11.8 Å². The number of rotatable bonds is 2. The van der Waals surface area contributed by atoms with Gasteiger partial charge in [0.15, 0.2) is 0 Å². The van der Waals surface area contributed by atoms with E-state index in [1.54, 1.807) is 46.5 Å². The van der Waals surface area contributed by atoms with E-state index in [9.17, 15) is 9.18 Å². The Morgan fingerprint density at radius 2 is 2.11 bits per heavy atom. The molecule has 2 aromatic rings. The average molecular weight is 276 g/mol. The molecule has 5 heteroatoms. The highest BCUT2D eigenvalue weighted by Gasteiger charge is 2.30. The van der Waals surface area contributed by atoms with E-state index in [4.69, 9.17) is 0 Å². The first-order chi connectivity index (χ1) is 9.16. The Kier molecular flexibility index (Phi) is 3.06. The molecule has 1 amide bonds. The monoisotopic (exact) mass is 276 g/mol. The first-order valence-electron chi connectivity index (χ1n) is 5.97. The summed E-state index contributed by atoms with van der Waals surface area (Å²) in [5, 5.41) is 0.0283. The summed E-state index contributed by atoms with van der Waals surface area (Å²) in [6.07, 6.45) is 3.70. The summed E-state index contributed by atoms with van der Waals surface area (Å²) in [5.41, 5.74) is 1.53. The van der Waals surface area contributed by atoms with Gasteiger partial charge in [0.1, 0.15) is 11.2 Å². The van der Waals surface area contributed by atoms with Crippen LogP contribution in [0.5, 0.6) is 0 Å². The second kappa shape index (κ2) is 4.74. The lowest BCUT2D eigenvalue weighted by Gasteiger charge is -2.17. The summed E-state index contributed by atoms with van der Waals surface area (Å²) < 4.78 is 15.5. The fourth-order valence-electron chi connectivity index (χ4n) is 2.18. The van der Waals surface area contributed by atoms with Gasteiger partial charge in [0.2, 0.25) is 5.91 Å². The molecule has 1 aromatic heterocycles. The summed E-state index contributed by atoms with van der Waals surface area (Å²) in [4.78, 5) is 13.3. The summed E-state index contributed by atoms with van der Waals surface area (Å²) in [6, 6.07) is 8.57. The molecule has 1 saturated heterocycles. The molecule has 0 radical (unpaired) electrons. The number of thioether (sulfide) groups is 1. The van der Waals surface area contributed by atoms with Crippen LogP contribution < -0.4 is 0 Å². The molecule has 3 rings (SSSR count). The molecule has 1 atom stereocenters. The van der Waals surface area contributed by atoms with Gasteiger partial charge in [-0.1, -0.05) is 12.1 Å². The third-order valence-corrected chi connectivity index (χ3v) is 4.56. The average Bonchev–Trinajstić information content (AvgIpc) is 2.99. The summed E-state index contributed by atoms with van der Waals surface area (Å²) >= 11 is 1.59. The Hall–Kier alpha value is -1.75. The first kappa shape index (κ1) is 12.3. The topological polar surface area (TPSA) is 25.2 Å². The summed E-state index contributed by atoms with van der Waals surface area (Å²) in [7, 11) is 1.80. The maximum Gasteiger partial charge on any atom is 0.233 e. The Morgan fingerprint density at radius 3 is 2.79 bits per heavy atom. The molecule has 0 aliphatic carbocycles. The molecule has 1 aliphatic heterocycles. The van der Waals surface area contributed by atoms with E-state index < -0.39 is 0 Å². The van der Waals surface area contributed by atoms with E-state index in [2.05, 4.69) is 0 Å². The highest BCUT2D eigenvalue weighted by molar-refractivity contribution is 8.00. The SMILES string of the molecule is CN1C(=O)CS[C@@H]1c1ccn(-c2ccccc2F)c1. The number of para-hydroxylation sites is 1. The Bertz CT molecular complexity index is 625. The maximum absolute atomic E-state index is 13.7. The number of carbonyl (C=O) groups is 1. The lowest BCUT2D eigenvalue weighted by Crippen LogP contribution is -2.22. The van der Waals surface area contributed by atoms with Crippen LogP contribution in [-0.4, -0.2) is 28.2 Å². The van der Waals surface area contributed by atoms with Gasteiger partial charge in [0, 0.05) is 25.0 Å². The van der Waals surface area contributed by atoms with Crippen LogP contribution in [0.2, 0.25) is 0 Å². The number of nitrogens with zero attached hydrogens (tertiary/aromatic N) is 2. The molecule has 0 unspecified atom stereocenters. The van der Waals surface area contributed by atoms with Crippen LogP contribution in [-0.2, 0) is 4.79 Å². The minimum atomic E-state index is -0.256. The number of halogens is 1. The fraction of sp³-hybridized carbons (Fsp3) is 0.214. The van der Waals surface area contributed by atoms with Crippen molar-refractivity contribution in [2.75, 3.05) is 12.8 Å². The lowest BCUT2D eigenvalue weighted by atomic mass is 10.3. The summed E-state index contributed by atoms with van der Waals surface area (Å²) in [5.74, 6) is 0.383. The second-order valence-corrected chi connectivity index (χ2v) is 5.54. The van der Waals surface area contributed by atoms with E-state index in [0.717, 1.165) is 5.56 Å². The molecular formula is C14H13FN2OS. The van der Waals surface area contributed by atoms with E-state index in [-0.39, 0.29) is 17.1 Å². The fourth-order valence-corrected chi connectivity index (χ4v) is 3.36. The lowest BCUT2D eigenvalue weighted by molar-refractivity contribution is -0.126. The Labute approximate surface area is 115 Å². The molecule has 3 nitrogen and oxygen atoms in total. The van der Waals surface area contributed by atoms with E-state index in [1.165, 1.54) is 6.07 Å². The van der Waals surface area contributed by atoms with Crippen molar-refractivity contribution in [3.8, 4) is 5.69 Å². The third-order valence-electron chi connectivity index (χ3n) is 3.24. The molecule has 0 bridgehead atoms. The predicted molar refractivity (Wildman–Crippen MR) is 73.7 cm³/mol. The van der Waals surface area contributed by atoms with Gasteiger partial charge in [-0.25, -0.2) is 4.39 Å². The van der Waals surface area contributed by atoms with Crippen molar-refractivity contribution in [1.29, 1.82) is 0 Å². The van der Waals surface area contributed by atoms with Gasteiger partial charge < -0.3 is 9.47 Å². The zero-order valence-electron chi connectivity index (χ0n) is 10.4. The molecule has 1 fully saturated rings. The second-order valence-electron chi connectivity index (χ2n) is 4.47. The number of amides is 1. The van der Waals surface area contributed by atoms with Crippen LogP contribution in [0.15, 0.2) is 42.7 Å². The molecule has 0 N–H and O–H groups in total. The van der Waals surface area contributed by atoms with Gasteiger partial charge in [0.25, 0.3) is 0 Å². The predicted octanol–water partition coefficient (Wildman–Crippen LogP) is 2.82. The standard InChI is InChI=1S/C14H13FN2OS/c1-16-13(18)9-19-14(16)10-6-7-17(8-10)12-5-3-2-4-11(12)15/h2-8,14H,9H2,1H3/t14-/m1/s1. The Morgan fingerprint density at radius 1 is 1.32 bits per heavy atom. The van der Waals surface area contributed by atoms with Gasteiger partial charge in [-0.2, -0.15) is 0 Å². The zero-order chi connectivity index (χ0) is 13.4. The Balaban J connectivity index is 1.92. The minimum Gasteiger partial charge on any atom is -0.329 e. The number of aromatic nitrogens is 1. The number of benzene rings is 1. The van der Waals surface area contributed by atoms with Gasteiger partial charge in [0.05, 0.1) is 11.4 Å². The molecule has 19 heavy (non-hydrogen) atoms. The third kappa shape index (κ3) is 2.14. The maximum atomic E-state index is 13.7. The van der Waals surface area contributed by atoms with Gasteiger partial charge in [-0.05, 0) is 18.2 Å². The number of hydrogen-bond donors (Lipinski definition) is 0. The first-order valence-corrected chi connectivity index (χ1v) is 7.02. The number of hydrogen-bond acceptors (Lipinski definition) is 2. The largest absolute Gasteiger partial charge is 0.329 e. The number of carbonyl (C=O) groups excluding carboxylic acids is 1. The van der Waals surface area contributed by atoms with Crippen LogP contribution in [0, 0.1) is 5.82 Å². The van der Waals surface area contributed by atoms with E-state index >= 15 is 0 Å². The van der Waals surface area contributed by atoms with Crippen molar-refractivity contribution in [3.63, 3.8) is 0 Å². The molecule has 1 aliphatic rings. The van der Waals surface area contributed by atoms with Crippen LogP contribution in [0.3, 0.4) is 0 Å². The molecular weight excluding hydrogens is 263 g/mol. The van der Waals surface area contributed by atoms with E-state index in [1.807, 2.05) is 18.5 Å². The molecule has 1 aromatic carbocycles. The van der Waals surface area contributed by atoms with Crippen molar-refractivity contribution in [1.82, 2.24) is 9.47 Å². The quantitative estimate of drug-likeness (QED) is 0.842.